The van der Waals surface area contributed by atoms with Crippen LogP contribution < -0.4 is 4.74 Å². The van der Waals surface area contributed by atoms with E-state index in [2.05, 4.69) is 17.0 Å². The smallest absolute Gasteiger partial charge is 0.213 e. The molecule has 1 aliphatic rings. The Bertz CT molecular complexity index is 572. The van der Waals surface area contributed by atoms with E-state index in [1.807, 2.05) is 29.9 Å². The van der Waals surface area contributed by atoms with Gasteiger partial charge in [-0.15, -0.1) is 0 Å². The summed E-state index contributed by atoms with van der Waals surface area (Å²) in [6.45, 7) is 4.83. The lowest BCUT2D eigenvalue weighted by molar-refractivity contribution is 0.0888. The Labute approximate surface area is 118 Å². The van der Waals surface area contributed by atoms with Crippen molar-refractivity contribution in [2.24, 2.45) is 0 Å². The molecule has 0 spiro atoms. The van der Waals surface area contributed by atoms with E-state index in [9.17, 15) is 0 Å². The second-order valence-electron chi connectivity index (χ2n) is 5.11. The summed E-state index contributed by atoms with van der Waals surface area (Å²) in [6, 6.07) is 4.14. The van der Waals surface area contributed by atoms with E-state index in [1.54, 1.807) is 13.3 Å². The number of methoxy groups -OCH3 is 1. The van der Waals surface area contributed by atoms with E-state index >= 15 is 0 Å². The van der Waals surface area contributed by atoms with Crippen LogP contribution >= 0.6 is 0 Å². The Morgan fingerprint density at radius 3 is 2.90 bits per heavy atom. The maximum absolute atomic E-state index is 5.97. The quantitative estimate of drug-likeness (QED) is 0.862. The summed E-state index contributed by atoms with van der Waals surface area (Å²) in [5.41, 5.74) is 3.27. The third-order valence-electron chi connectivity index (χ3n) is 3.85. The SMILES string of the molecule is COc1cc(C)c(C2OCCC2n2cccn2)c(C)n1. The van der Waals surface area contributed by atoms with Crippen LogP contribution in [0.15, 0.2) is 24.5 Å². The fraction of sp³-hybridized carbons (Fsp3) is 0.467. The van der Waals surface area contributed by atoms with E-state index in [1.165, 1.54) is 0 Å². The Hall–Kier alpha value is -1.88. The molecular weight excluding hydrogens is 254 g/mol. The van der Waals surface area contributed by atoms with Crippen LogP contribution in [0.4, 0.5) is 0 Å². The summed E-state index contributed by atoms with van der Waals surface area (Å²) in [5.74, 6) is 0.650. The van der Waals surface area contributed by atoms with E-state index in [0.29, 0.717) is 5.88 Å². The summed E-state index contributed by atoms with van der Waals surface area (Å²) in [5, 5.41) is 4.36. The molecule has 0 N–H and O–H groups in total. The third-order valence-corrected chi connectivity index (χ3v) is 3.85. The van der Waals surface area contributed by atoms with Crippen LogP contribution in [0.5, 0.6) is 5.88 Å². The summed E-state index contributed by atoms with van der Waals surface area (Å²) >= 11 is 0. The minimum absolute atomic E-state index is 0.00769. The minimum atomic E-state index is 0.00769. The predicted molar refractivity (Wildman–Crippen MR) is 74.8 cm³/mol. The largest absolute Gasteiger partial charge is 0.481 e. The number of hydrogen-bond donors (Lipinski definition) is 0. The first-order valence-electron chi connectivity index (χ1n) is 6.83. The maximum atomic E-state index is 5.97. The first kappa shape index (κ1) is 13.1. The van der Waals surface area contributed by atoms with Gasteiger partial charge in [0.2, 0.25) is 5.88 Å². The molecule has 0 radical (unpaired) electrons. The van der Waals surface area contributed by atoms with Crippen molar-refractivity contribution in [2.45, 2.75) is 32.4 Å². The molecule has 3 heterocycles. The first-order valence-corrected chi connectivity index (χ1v) is 6.83. The number of pyridine rings is 1. The number of nitrogens with zero attached hydrogens (tertiary/aromatic N) is 3. The van der Waals surface area contributed by atoms with Gasteiger partial charge in [-0.1, -0.05) is 0 Å². The third kappa shape index (κ3) is 2.18. The van der Waals surface area contributed by atoms with Gasteiger partial charge in [-0.2, -0.15) is 5.10 Å². The van der Waals surface area contributed by atoms with Gasteiger partial charge in [-0.3, -0.25) is 4.68 Å². The number of hydrogen-bond acceptors (Lipinski definition) is 4. The zero-order valence-electron chi connectivity index (χ0n) is 12.0. The fourth-order valence-corrected chi connectivity index (χ4v) is 2.94. The van der Waals surface area contributed by atoms with Crippen molar-refractivity contribution in [3.63, 3.8) is 0 Å². The van der Waals surface area contributed by atoms with Crippen molar-refractivity contribution in [1.82, 2.24) is 14.8 Å². The summed E-state index contributed by atoms with van der Waals surface area (Å²) in [4.78, 5) is 4.48. The van der Waals surface area contributed by atoms with Crippen molar-refractivity contribution in [3.05, 3.63) is 41.3 Å². The van der Waals surface area contributed by atoms with Crippen molar-refractivity contribution in [3.8, 4) is 5.88 Å². The van der Waals surface area contributed by atoms with E-state index < -0.39 is 0 Å². The standard InChI is InChI=1S/C15H19N3O2/c1-10-9-13(19-3)17-11(2)14(10)15-12(5-8-20-15)18-7-4-6-16-18/h4,6-7,9,12,15H,5,8H2,1-3H3. The van der Waals surface area contributed by atoms with Crippen LogP contribution in [-0.4, -0.2) is 28.5 Å². The van der Waals surface area contributed by atoms with Crippen LogP contribution in [0.1, 0.15) is 35.4 Å². The average Bonchev–Trinajstić information content (AvgIpc) is 3.07. The van der Waals surface area contributed by atoms with Crippen molar-refractivity contribution in [2.75, 3.05) is 13.7 Å². The molecule has 0 amide bonds. The van der Waals surface area contributed by atoms with Gasteiger partial charge in [0.1, 0.15) is 6.10 Å². The summed E-state index contributed by atoms with van der Waals surface area (Å²) in [6.07, 6.45) is 4.78. The topological polar surface area (TPSA) is 49.2 Å². The van der Waals surface area contributed by atoms with E-state index in [-0.39, 0.29) is 12.1 Å². The van der Waals surface area contributed by atoms with Gasteiger partial charge in [-0.25, -0.2) is 4.98 Å². The molecule has 1 saturated heterocycles. The van der Waals surface area contributed by atoms with Crippen LogP contribution in [-0.2, 0) is 4.74 Å². The second kappa shape index (κ2) is 5.25. The van der Waals surface area contributed by atoms with Gasteiger partial charge in [0, 0.05) is 36.3 Å². The zero-order valence-corrected chi connectivity index (χ0v) is 12.0. The molecule has 2 aromatic rings. The predicted octanol–water partition coefficient (Wildman–Crippen LogP) is 2.61. The highest BCUT2D eigenvalue weighted by Crippen LogP contribution is 2.40. The lowest BCUT2D eigenvalue weighted by atomic mass is 9.97. The number of aryl methyl sites for hydroxylation is 2. The molecule has 106 valence electrons. The molecule has 2 atom stereocenters. The molecule has 2 aromatic heterocycles. The fourth-order valence-electron chi connectivity index (χ4n) is 2.94. The van der Waals surface area contributed by atoms with E-state index in [4.69, 9.17) is 9.47 Å². The maximum Gasteiger partial charge on any atom is 0.213 e. The Morgan fingerprint density at radius 2 is 2.25 bits per heavy atom. The highest BCUT2D eigenvalue weighted by Gasteiger charge is 2.34. The normalized spacial score (nSPS) is 22.1. The molecule has 5 nitrogen and oxygen atoms in total. The molecule has 0 saturated carbocycles. The highest BCUT2D eigenvalue weighted by atomic mass is 16.5. The highest BCUT2D eigenvalue weighted by molar-refractivity contribution is 5.36. The molecule has 1 fully saturated rings. The molecule has 0 aliphatic carbocycles. The van der Waals surface area contributed by atoms with E-state index in [0.717, 1.165) is 29.8 Å². The monoisotopic (exact) mass is 273 g/mol. The molecule has 20 heavy (non-hydrogen) atoms. The minimum Gasteiger partial charge on any atom is -0.481 e. The zero-order chi connectivity index (χ0) is 14.1. The lowest BCUT2D eigenvalue weighted by Gasteiger charge is -2.22. The van der Waals surface area contributed by atoms with Crippen LogP contribution in [0, 0.1) is 13.8 Å². The van der Waals surface area contributed by atoms with Crippen LogP contribution in [0.2, 0.25) is 0 Å². The molecule has 2 unspecified atom stereocenters. The van der Waals surface area contributed by atoms with Crippen LogP contribution in [0.3, 0.4) is 0 Å². The molecule has 0 bridgehead atoms. The van der Waals surface area contributed by atoms with Crippen molar-refractivity contribution >= 4 is 0 Å². The molecule has 5 heteroatoms. The summed E-state index contributed by atoms with van der Waals surface area (Å²) < 4.78 is 13.2. The Balaban J connectivity index is 2.00. The molecule has 3 rings (SSSR count). The van der Waals surface area contributed by atoms with Gasteiger partial charge >= 0.3 is 0 Å². The summed E-state index contributed by atoms with van der Waals surface area (Å²) in [7, 11) is 1.64. The van der Waals surface area contributed by atoms with Gasteiger partial charge in [0.05, 0.1) is 13.2 Å². The second-order valence-corrected chi connectivity index (χ2v) is 5.11. The number of aromatic nitrogens is 3. The molecule has 1 aliphatic heterocycles. The number of ether oxygens (including phenoxy) is 2. The number of rotatable bonds is 3. The van der Waals surface area contributed by atoms with Gasteiger partial charge in [0.15, 0.2) is 0 Å². The van der Waals surface area contributed by atoms with Gasteiger partial charge < -0.3 is 9.47 Å². The molecular formula is C15H19N3O2. The van der Waals surface area contributed by atoms with Gasteiger partial charge in [-0.05, 0) is 31.9 Å². The van der Waals surface area contributed by atoms with Crippen molar-refractivity contribution < 1.29 is 9.47 Å². The average molecular weight is 273 g/mol. The first-order chi connectivity index (χ1) is 9.70. The Kier molecular flexibility index (Phi) is 3.44. The van der Waals surface area contributed by atoms with Gasteiger partial charge in [0.25, 0.3) is 0 Å². The lowest BCUT2D eigenvalue weighted by Crippen LogP contribution is -2.16. The van der Waals surface area contributed by atoms with Crippen molar-refractivity contribution in [1.29, 1.82) is 0 Å². The van der Waals surface area contributed by atoms with Crippen LogP contribution in [0.25, 0.3) is 0 Å². The molecule has 0 aromatic carbocycles. The Morgan fingerprint density at radius 1 is 1.40 bits per heavy atom.